The van der Waals surface area contributed by atoms with Crippen LogP contribution in [-0.4, -0.2) is 47.3 Å². The molecule has 0 fully saturated rings. The van der Waals surface area contributed by atoms with Crippen LogP contribution >= 0.6 is 0 Å². The number of hydrogen-bond acceptors (Lipinski definition) is 7. The normalized spacial score (nSPS) is 11.2. The summed E-state index contributed by atoms with van der Waals surface area (Å²) in [7, 11) is 1.86. The van der Waals surface area contributed by atoms with E-state index in [0.29, 0.717) is 42.9 Å². The molecule has 45 heavy (non-hydrogen) atoms. The van der Waals surface area contributed by atoms with Crippen LogP contribution < -0.4 is 15.7 Å². The molecule has 3 rings (SSSR count). The van der Waals surface area contributed by atoms with Crippen molar-refractivity contribution in [3.63, 3.8) is 0 Å². The zero-order valence-corrected chi connectivity index (χ0v) is 29.0. The smallest absolute Gasteiger partial charge is 0.241 e. The van der Waals surface area contributed by atoms with E-state index in [1.165, 1.54) is 6.20 Å². The van der Waals surface area contributed by atoms with Crippen molar-refractivity contribution in [3.8, 4) is 0 Å². The summed E-state index contributed by atoms with van der Waals surface area (Å²) in [5, 5.41) is 10.6. The number of anilines is 1. The third kappa shape index (κ3) is 13.9. The van der Waals surface area contributed by atoms with Gasteiger partial charge in [-0.3, -0.25) is 14.5 Å². The molecule has 4 N–H and O–H groups in total. The van der Waals surface area contributed by atoms with Crippen molar-refractivity contribution >= 4 is 23.6 Å². The number of nitrogens with zero attached hydrogens (tertiary/aromatic N) is 3. The van der Waals surface area contributed by atoms with Crippen LogP contribution in [0.15, 0.2) is 79.5 Å². The van der Waals surface area contributed by atoms with Crippen molar-refractivity contribution in [2.75, 3.05) is 18.5 Å². The van der Waals surface area contributed by atoms with E-state index in [1.54, 1.807) is 36.4 Å². The van der Waals surface area contributed by atoms with Crippen LogP contribution in [0.4, 0.5) is 20.3 Å². The van der Waals surface area contributed by atoms with Gasteiger partial charge < -0.3 is 21.2 Å². The molecule has 3 aromatic rings. The van der Waals surface area contributed by atoms with Gasteiger partial charge in [-0.15, -0.1) is 14.6 Å². The standard InChI is InChI=1S/C17H25N3O3.C16H18F2N3.Y/c1-4-6-16(17(22)18-5-2)20(3)11-15-9-13(10-19-23)7-8-14(15)12-21;1-2-20(16-9-7-15(19)8-10-16)11-13-3-5-14(6-4-13)12-21(17)18;/h5,7-9,12,16,19,23H,2,4,6,10-11H2,1,3H3,(H,18,22);3-10,19H,2,11-12H2,1H3;/q;-1;. The van der Waals surface area contributed by atoms with E-state index in [4.69, 9.17) is 10.9 Å². The van der Waals surface area contributed by atoms with Crippen molar-refractivity contribution in [1.29, 1.82) is 0 Å². The molecule has 0 spiro atoms. The summed E-state index contributed by atoms with van der Waals surface area (Å²) in [6.45, 7) is 9.55. The number of hydroxylamine groups is 1. The molecule has 0 aliphatic carbocycles. The Kier molecular flexibility index (Phi) is 19.2. The largest absolute Gasteiger partial charge is 0.699 e. The Hall–Kier alpha value is -3.06. The van der Waals surface area contributed by atoms with Crippen LogP contribution in [-0.2, 0) is 63.7 Å². The van der Waals surface area contributed by atoms with E-state index < -0.39 is 5.34 Å². The van der Waals surface area contributed by atoms with Crippen molar-refractivity contribution in [2.24, 2.45) is 0 Å². The van der Waals surface area contributed by atoms with Crippen LogP contribution in [0, 0.1) is 0 Å². The summed E-state index contributed by atoms with van der Waals surface area (Å²) in [5.74, 6) is -0.106. The van der Waals surface area contributed by atoms with Gasteiger partial charge in [-0.25, -0.2) is 5.48 Å². The predicted octanol–water partition coefficient (Wildman–Crippen LogP) is 6.80. The van der Waals surface area contributed by atoms with E-state index in [0.717, 1.165) is 41.6 Å². The molecule has 0 saturated heterocycles. The van der Waals surface area contributed by atoms with Gasteiger partial charge in [-0.1, -0.05) is 74.5 Å². The average molecular weight is 699 g/mol. The third-order valence-corrected chi connectivity index (χ3v) is 6.99. The number of nitrogens with one attached hydrogen (secondary N) is 3. The Labute approximate surface area is 290 Å². The molecule has 241 valence electrons. The van der Waals surface area contributed by atoms with Crippen molar-refractivity contribution < 1.29 is 56.5 Å². The quantitative estimate of drug-likeness (QED) is 0.0857. The average Bonchev–Trinajstić information content (AvgIpc) is 3.00. The molecule has 0 saturated carbocycles. The summed E-state index contributed by atoms with van der Waals surface area (Å²) in [4.78, 5) is 27.5. The SMILES string of the molecule is C=CNC(=O)C(CCC)N(C)Cc1cc(CNO)ccc1C=O.CCN(Cc1ccc(CN(F)F)cc1)c1ccc([NH-])cc1.[Y]. The number of benzene rings is 3. The number of hydrogen-bond donors (Lipinski definition) is 3. The van der Waals surface area contributed by atoms with E-state index in [-0.39, 0.29) is 51.2 Å². The predicted molar refractivity (Wildman–Crippen MR) is 170 cm³/mol. The fourth-order valence-electron chi connectivity index (χ4n) is 4.68. The molecule has 3 aromatic carbocycles. The maximum Gasteiger partial charge on any atom is 0.241 e. The van der Waals surface area contributed by atoms with Crippen molar-refractivity contribution in [1.82, 2.24) is 21.0 Å². The number of aldehydes is 1. The number of carbonyl (C=O) groups is 2. The Balaban J connectivity index is 0.000000441. The van der Waals surface area contributed by atoms with Crippen LogP contribution in [0.25, 0.3) is 5.73 Å². The topological polar surface area (TPSA) is 112 Å². The Bertz CT molecular complexity index is 1310. The second kappa shape index (κ2) is 21.6. The summed E-state index contributed by atoms with van der Waals surface area (Å²) in [5.41, 5.74) is 15.1. The van der Waals surface area contributed by atoms with Gasteiger partial charge in [0.05, 0.1) is 12.6 Å². The number of rotatable bonds is 16. The molecule has 0 aliphatic heterocycles. The molecule has 0 aromatic heterocycles. The van der Waals surface area contributed by atoms with Gasteiger partial charge in [0.15, 0.2) is 0 Å². The van der Waals surface area contributed by atoms with E-state index in [1.807, 2.05) is 49.2 Å². The van der Waals surface area contributed by atoms with Gasteiger partial charge in [0, 0.05) is 75.5 Å². The van der Waals surface area contributed by atoms with Gasteiger partial charge in [0.25, 0.3) is 0 Å². The third-order valence-electron chi connectivity index (χ3n) is 6.99. The van der Waals surface area contributed by atoms with Crippen LogP contribution in [0.3, 0.4) is 0 Å². The zero-order chi connectivity index (χ0) is 32.5. The minimum atomic E-state index is -0.824. The Morgan fingerprint density at radius 2 is 1.58 bits per heavy atom. The maximum absolute atomic E-state index is 12.2. The molecular formula is C33H43F2N6O3Y-. The number of amides is 1. The first-order chi connectivity index (χ1) is 21.1. The first-order valence-electron chi connectivity index (χ1n) is 14.4. The van der Waals surface area contributed by atoms with Crippen LogP contribution in [0.1, 0.15) is 59.3 Å². The zero-order valence-electron chi connectivity index (χ0n) is 26.2. The van der Waals surface area contributed by atoms with Gasteiger partial charge >= 0.3 is 0 Å². The summed E-state index contributed by atoms with van der Waals surface area (Å²) < 4.78 is 24.3. The minimum absolute atomic E-state index is 0. The summed E-state index contributed by atoms with van der Waals surface area (Å²) >= 11 is 0. The maximum atomic E-state index is 12.2. The second-order valence-corrected chi connectivity index (χ2v) is 10.3. The van der Waals surface area contributed by atoms with Crippen LogP contribution in [0.2, 0.25) is 0 Å². The fourth-order valence-corrected chi connectivity index (χ4v) is 4.68. The van der Waals surface area contributed by atoms with Gasteiger partial charge in [0.1, 0.15) is 6.29 Å². The molecule has 0 aliphatic rings. The second-order valence-electron chi connectivity index (χ2n) is 10.3. The monoisotopic (exact) mass is 698 g/mol. The molecule has 0 bridgehead atoms. The van der Waals surface area contributed by atoms with Gasteiger partial charge in [-0.05, 0) is 61.0 Å². The Morgan fingerprint density at radius 1 is 0.978 bits per heavy atom. The molecule has 1 unspecified atom stereocenters. The summed E-state index contributed by atoms with van der Waals surface area (Å²) in [6.07, 6.45) is 3.76. The first-order valence-corrected chi connectivity index (χ1v) is 14.4. The number of carbonyl (C=O) groups excluding carboxylic acids is 2. The molecule has 0 heterocycles. The van der Waals surface area contributed by atoms with Crippen LogP contribution in [0.5, 0.6) is 0 Å². The van der Waals surface area contributed by atoms with E-state index in [9.17, 15) is 18.6 Å². The van der Waals surface area contributed by atoms with E-state index in [2.05, 4.69) is 29.2 Å². The summed E-state index contributed by atoms with van der Waals surface area (Å²) in [6, 6.07) is 19.6. The minimum Gasteiger partial charge on any atom is -0.699 e. The molecular weight excluding hydrogens is 655 g/mol. The molecule has 1 atom stereocenters. The molecule has 9 nitrogen and oxygen atoms in total. The Morgan fingerprint density at radius 3 is 2.09 bits per heavy atom. The van der Waals surface area contributed by atoms with Crippen molar-refractivity contribution in [3.05, 3.63) is 113 Å². The molecule has 1 amide bonds. The first kappa shape index (κ1) is 40.0. The molecule has 12 heteroatoms. The number of halogens is 2. The van der Waals surface area contributed by atoms with Gasteiger partial charge in [-0.2, -0.15) is 0 Å². The number of likely N-dealkylation sites (N-methyl/N-ethyl adjacent to an activating group) is 1. The molecule has 1 radical (unpaired) electrons. The van der Waals surface area contributed by atoms with Crippen molar-refractivity contribution in [2.45, 2.75) is 58.9 Å². The van der Waals surface area contributed by atoms with Gasteiger partial charge in [0.2, 0.25) is 5.91 Å². The van der Waals surface area contributed by atoms with E-state index >= 15 is 0 Å². The fraction of sp³-hybridized carbons (Fsp3) is 0.333.